The lowest BCUT2D eigenvalue weighted by atomic mass is 10.0. The third-order valence-electron chi connectivity index (χ3n) is 5.86. The SMILES string of the molecule is CCNC(=O)N1CCc2c(c(CN(C(=O)c3ccc(C)cc3)c3ccccc3)nn2C)C1. The van der Waals surface area contributed by atoms with Gasteiger partial charge in [0.15, 0.2) is 0 Å². The van der Waals surface area contributed by atoms with Crippen LogP contribution in [0.25, 0.3) is 0 Å². The summed E-state index contributed by atoms with van der Waals surface area (Å²) in [5.74, 6) is -0.0769. The number of anilines is 1. The minimum atomic E-state index is -0.0769. The summed E-state index contributed by atoms with van der Waals surface area (Å²) in [5.41, 5.74) is 5.53. The molecule has 2 aromatic carbocycles. The molecular weight excluding hydrogens is 402 g/mol. The summed E-state index contributed by atoms with van der Waals surface area (Å²) in [7, 11) is 1.93. The van der Waals surface area contributed by atoms with E-state index in [1.807, 2.05) is 85.1 Å². The van der Waals surface area contributed by atoms with E-state index in [4.69, 9.17) is 5.10 Å². The molecule has 0 fully saturated rings. The van der Waals surface area contributed by atoms with Crippen molar-refractivity contribution in [3.05, 3.63) is 82.7 Å². The fourth-order valence-electron chi connectivity index (χ4n) is 4.12. The van der Waals surface area contributed by atoms with E-state index in [1.54, 1.807) is 4.90 Å². The van der Waals surface area contributed by atoms with Gasteiger partial charge in [0.2, 0.25) is 0 Å². The van der Waals surface area contributed by atoms with Gasteiger partial charge < -0.3 is 15.1 Å². The fourth-order valence-corrected chi connectivity index (χ4v) is 4.12. The summed E-state index contributed by atoms with van der Waals surface area (Å²) in [6, 6.07) is 17.2. The number of aromatic nitrogens is 2. The molecule has 1 aliphatic heterocycles. The predicted molar refractivity (Wildman–Crippen MR) is 125 cm³/mol. The number of amides is 3. The number of hydrogen-bond donors (Lipinski definition) is 1. The van der Waals surface area contributed by atoms with Gasteiger partial charge in [-0.25, -0.2) is 4.79 Å². The van der Waals surface area contributed by atoms with Gasteiger partial charge in [0, 0.05) is 49.1 Å². The predicted octanol–water partition coefficient (Wildman–Crippen LogP) is 3.66. The third kappa shape index (κ3) is 4.37. The Kier molecular flexibility index (Phi) is 6.25. The number of fused-ring (bicyclic) bond motifs is 1. The van der Waals surface area contributed by atoms with Crippen LogP contribution in [0.3, 0.4) is 0 Å². The van der Waals surface area contributed by atoms with Gasteiger partial charge in [0.1, 0.15) is 0 Å². The molecule has 0 atom stereocenters. The molecule has 0 saturated heterocycles. The smallest absolute Gasteiger partial charge is 0.317 e. The average Bonchev–Trinajstić information content (AvgIpc) is 3.13. The monoisotopic (exact) mass is 431 g/mol. The van der Waals surface area contributed by atoms with Gasteiger partial charge in [-0.2, -0.15) is 5.10 Å². The number of nitrogens with zero attached hydrogens (tertiary/aromatic N) is 4. The number of para-hydroxylation sites is 1. The first kappa shape index (κ1) is 21.6. The number of benzene rings is 2. The number of rotatable bonds is 5. The molecule has 0 bridgehead atoms. The van der Waals surface area contributed by atoms with Gasteiger partial charge in [0.25, 0.3) is 5.91 Å². The number of carbonyl (C=O) groups excluding carboxylic acids is 2. The highest BCUT2D eigenvalue weighted by atomic mass is 16.2. The first-order valence-corrected chi connectivity index (χ1v) is 11.0. The molecule has 7 nitrogen and oxygen atoms in total. The van der Waals surface area contributed by atoms with Crippen LogP contribution in [0.2, 0.25) is 0 Å². The largest absolute Gasteiger partial charge is 0.338 e. The van der Waals surface area contributed by atoms with Crippen molar-refractivity contribution >= 4 is 17.6 Å². The molecule has 0 saturated carbocycles. The zero-order valence-electron chi connectivity index (χ0n) is 18.8. The Bertz CT molecular complexity index is 1110. The second kappa shape index (κ2) is 9.26. The molecule has 3 aromatic rings. The van der Waals surface area contributed by atoms with Crippen LogP contribution in [0.5, 0.6) is 0 Å². The molecule has 7 heteroatoms. The lowest BCUT2D eigenvalue weighted by molar-refractivity contribution is 0.0984. The molecular formula is C25H29N5O2. The van der Waals surface area contributed by atoms with E-state index in [9.17, 15) is 9.59 Å². The van der Waals surface area contributed by atoms with Crippen LogP contribution in [0, 0.1) is 6.92 Å². The van der Waals surface area contributed by atoms with Gasteiger partial charge in [-0.1, -0.05) is 35.9 Å². The van der Waals surface area contributed by atoms with Crippen LogP contribution >= 0.6 is 0 Å². The molecule has 0 unspecified atom stereocenters. The lowest BCUT2D eigenvalue weighted by Gasteiger charge is -2.28. The van der Waals surface area contributed by atoms with Crippen LogP contribution in [0.15, 0.2) is 54.6 Å². The van der Waals surface area contributed by atoms with Crippen molar-refractivity contribution < 1.29 is 9.59 Å². The number of carbonyl (C=O) groups is 2. The van der Waals surface area contributed by atoms with Gasteiger partial charge in [0.05, 0.1) is 18.8 Å². The van der Waals surface area contributed by atoms with E-state index in [-0.39, 0.29) is 11.9 Å². The van der Waals surface area contributed by atoms with E-state index in [0.29, 0.717) is 31.7 Å². The highest BCUT2D eigenvalue weighted by molar-refractivity contribution is 6.06. The first-order valence-electron chi connectivity index (χ1n) is 11.0. The molecule has 2 heterocycles. The van der Waals surface area contributed by atoms with Gasteiger partial charge in [-0.3, -0.25) is 9.48 Å². The second-order valence-electron chi connectivity index (χ2n) is 8.10. The first-order chi connectivity index (χ1) is 15.5. The molecule has 4 rings (SSSR count). The maximum absolute atomic E-state index is 13.5. The molecule has 3 amide bonds. The molecule has 32 heavy (non-hydrogen) atoms. The molecule has 1 aliphatic rings. The van der Waals surface area contributed by atoms with E-state index < -0.39 is 0 Å². The Morgan fingerprint density at radius 2 is 1.81 bits per heavy atom. The quantitative estimate of drug-likeness (QED) is 0.670. The summed E-state index contributed by atoms with van der Waals surface area (Å²) in [6.07, 6.45) is 0.743. The fraction of sp³-hybridized carbons (Fsp3) is 0.320. The van der Waals surface area contributed by atoms with Gasteiger partial charge in [-0.05, 0) is 38.1 Å². The van der Waals surface area contributed by atoms with E-state index in [1.165, 1.54) is 0 Å². The standard InChI is InChI=1S/C25H29N5O2/c1-4-26-25(32)29-15-14-23-21(16-29)22(27-28(23)3)17-30(20-8-6-5-7-9-20)24(31)19-12-10-18(2)11-13-19/h5-13H,4,14-17H2,1-3H3,(H,26,32). The van der Waals surface area contributed by atoms with Gasteiger partial charge in [-0.15, -0.1) is 0 Å². The molecule has 0 radical (unpaired) electrons. The second-order valence-corrected chi connectivity index (χ2v) is 8.10. The molecule has 0 spiro atoms. The Labute approximate surface area is 188 Å². The molecule has 166 valence electrons. The van der Waals surface area contributed by atoms with E-state index in [0.717, 1.165) is 34.6 Å². The van der Waals surface area contributed by atoms with Crippen molar-refractivity contribution in [2.24, 2.45) is 7.05 Å². The normalized spacial score (nSPS) is 12.9. The zero-order chi connectivity index (χ0) is 22.7. The number of urea groups is 1. The topological polar surface area (TPSA) is 70.5 Å². The highest BCUT2D eigenvalue weighted by Crippen LogP contribution is 2.26. The maximum Gasteiger partial charge on any atom is 0.317 e. The average molecular weight is 432 g/mol. The van der Waals surface area contributed by atoms with Crippen molar-refractivity contribution in [2.75, 3.05) is 18.0 Å². The lowest BCUT2D eigenvalue weighted by Crippen LogP contribution is -2.43. The Morgan fingerprint density at radius 1 is 1.09 bits per heavy atom. The zero-order valence-corrected chi connectivity index (χ0v) is 18.8. The van der Waals surface area contributed by atoms with Crippen LogP contribution in [0.1, 0.15) is 39.8 Å². The summed E-state index contributed by atoms with van der Waals surface area (Å²) >= 11 is 0. The van der Waals surface area contributed by atoms with Crippen molar-refractivity contribution in [1.82, 2.24) is 20.0 Å². The van der Waals surface area contributed by atoms with Gasteiger partial charge >= 0.3 is 6.03 Å². The third-order valence-corrected chi connectivity index (χ3v) is 5.86. The summed E-state index contributed by atoms with van der Waals surface area (Å²) < 4.78 is 1.89. The molecule has 1 aromatic heterocycles. The summed E-state index contributed by atoms with van der Waals surface area (Å²) in [5, 5.41) is 7.63. The highest BCUT2D eigenvalue weighted by Gasteiger charge is 2.28. The summed E-state index contributed by atoms with van der Waals surface area (Å²) in [4.78, 5) is 29.5. The number of aryl methyl sites for hydroxylation is 2. The maximum atomic E-state index is 13.5. The summed E-state index contributed by atoms with van der Waals surface area (Å²) in [6.45, 7) is 5.99. The van der Waals surface area contributed by atoms with Crippen molar-refractivity contribution in [3.63, 3.8) is 0 Å². The van der Waals surface area contributed by atoms with E-state index in [2.05, 4.69) is 5.32 Å². The van der Waals surface area contributed by atoms with E-state index >= 15 is 0 Å². The van der Waals surface area contributed by atoms with Crippen LogP contribution < -0.4 is 10.2 Å². The van der Waals surface area contributed by atoms with Crippen LogP contribution in [0.4, 0.5) is 10.5 Å². The van der Waals surface area contributed by atoms with Crippen molar-refractivity contribution in [3.8, 4) is 0 Å². The number of nitrogens with one attached hydrogen (secondary N) is 1. The van der Waals surface area contributed by atoms with Crippen molar-refractivity contribution in [2.45, 2.75) is 33.4 Å². The molecule has 0 aliphatic carbocycles. The Morgan fingerprint density at radius 3 is 2.50 bits per heavy atom. The minimum absolute atomic E-state index is 0.0661. The van der Waals surface area contributed by atoms with Crippen molar-refractivity contribution in [1.29, 1.82) is 0 Å². The number of hydrogen-bond acceptors (Lipinski definition) is 3. The van der Waals surface area contributed by atoms with Crippen LogP contribution in [-0.2, 0) is 26.6 Å². The minimum Gasteiger partial charge on any atom is -0.338 e. The van der Waals surface area contributed by atoms with Crippen LogP contribution in [-0.4, -0.2) is 39.7 Å². The molecule has 1 N–H and O–H groups in total. The Balaban J connectivity index is 1.67. The Hall–Kier alpha value is -3.61.